The van der Waals surface area contributed by atoms with Crippen molar-refractivity contribution in [2.24, 2.45) is 11.5 Å². The van der Waals surface area contributed by atoms with Crippen molar-refractivity contribution in [1.29, 1.82) is 0 Å². The highest BCUT2D eigenvalue weighted by Crippen LogP contribution is 1.91. The van der Waals surface area contributed by atoms with Crippen molar-refractivity contribution in [2.75, 3.05) is 7.05 Å². The van der Waals surface area contributed by atoms with Crippen LogP contribution in [0.2, 0.25) is 0 Å². The van der Waals surface area contributed by atoms with Crippen LogP contribution in [-0.2, 0) is 0 Å². The SMILES string of the molecule is CN/C(N)=C/C(C)=C\N. The highest BCUT2D eigenvalue weighted by atomic mass is 14.9. The topological polar surface area (TPSA) is 64.1 Å². The van der Waals surface area contributed by atoms with Crippen LogP contribution in [0, 0.1) is 0 Å². The molecule has 0 atom stereocenters. The van der Waals surface area contributed by atoms with E-state index in [0.717, 1.165) is 5.57 Å². The van der Waals surface area contributed by atoms with Gasteiger partial charge >= 0.3 is 0 Å². The smallest absolute Gasteiger partial charge is 0.0960 e. The van der Waals surface area contributed by atoms with Crippen LogP contribution in [0.15, 0.2) is 23.7 Å². The molecular weight excluding hydrogens is 114 g/mol. The molecule has 0 rings (SSSR count). The Kier molecular flexibility index (Phi) is 3.35. The van der Waals surface area contributed by atoms with Crippen LogP contribution in [0.25, 0.3) is 0 Å². The second kappa shape index (κ2) is 3.83. The molecule has 0 aromatic heterocycles. The van der Waals surface area contributed by atoms with Gasteiger partial charge in [0.25, 0.3) is 0 Å². The van der Waals surface area contributed by atoms with Crippen LogP contribution < -0.4 is 16.8 Å². The van der Waals surface area contributed by atoms with Crippen molar-refractivity contribution < 1.29 is 0 Å². The molecule has 0 saturated carbocycles. The van der Waals surface area contributed by atoms with Crippen molar-refractivity contribution in [3.8, 4) is 0 Å². The molecule has 0 aliphatic rings. The molecule has 0 aliphatic carbocycles. The van der Waals surface area contributed by atoms with E-state index in [9.17, 15) is 0 Å². The average molecular weight is 127 g/mol. The fourth-order valence-corrected chi connectivity index (χ4v) is 0.366. The van der Waals surface area contributed by atoms with E-state index < -0.39 is 0 Å². The van der Waals surface area contributed by atoms with E-state index in [1.54, 1.807) is 13.1 Å². The largest absolute Gasteiger partial charge is 0.404 e. The van der Waals surface area contributed by atoms with Gasteiger partial charge in [-0.05, 0) is 24.8 Å². The Hall–Kier alpha value is -1.12. The molecule has 0 fully saturated rings. The molecule has 0 heterocycles. The summed E-state index contributed by atoms with van der Waals surface area (Å²) in [6.07, 6.45) is 3.27. The van der Waals surface area contributed by atoms with Gasteiger partial charge in [-0.25, -0.2) is 0 Å². The molecule has 3 heteroatoms. The number of hydrogen-bond acceptors (Lipinski definition) is 3. The van der Waals surface area contributed by atoms with Crippen molar-refractivity contribution in [3.63, 3.8) is 0 Å². The van der Waals surface area contributed by atoms with Crippen molar-refractivity contribution >= 4 is 0 Å². The van der Waals surface area contributed by atoms with Crippen LogP contribution in [0.3, 0.4) is 0 Å². The number of rotatable bonds is 2. The summed E-state index contributed by atoms with van der Waals surface area (Å²) in [6, 6.07) is 0. The molecule has 0 aromatic rings. The predicted octanol–water partition coefficient (Wildman–Crippen LogP) is -0.132. The van der Waals surface area contributed by atoms with Crippen LogP contribution in [-0.4, -0.2) is 7.05 Å². The Labute approximate surface area is 55.4 Å². The van der Waals surface area contributed by atoms with E-state index in [-0.39, 0.29) is 0 Å². The van der Waals surface area contributed by atoms with Gasteiger partial charge in [-0.2, -0.15) is 0 Å². The molecule has 3 nitrogen and oxygen atoms in total. The summed E-state index contributed by atoms with van der Waals surface area (Å²) in [5.41, 5.74) is 11.5. The van der Waals surface area contributed by atoms with Crippen LogP contribution in [0.5, 0.6) is 0 Å². The molecule has 0 unspecified atom stereocenters. The Morgan fingerprint density at radius 2 is 2.11 bits per heavy atom. The quantitative estimate of drug-likeness (QED) is 0.453. The maximum Gasteiger partial charge on any atom is 0.0960 e. The van der Waals surface area contributed by atoms with Gasteiger partial charge in [0.1, 0.15) is 0 Å². The highest BCUT2D eigenvalue weighted by molar-refractivity contribution is 5.17. The molecule has 5 N–H and O–H groups in total. The first-order chi connectivity index (χ1) is 4.20. The zero-order valence-corrected chi connectivity index (χ0v) is 5.81. The summed E-state index contributed by atoms with van der Waals surface area (Å²) >= 11 is 0. The van der Waals surface area contributed by atoms with Gasteiger partial charge in [0, 0.05) is 7.05 Å². The van der Waals surface area contributed by atoms with Gasteiger partial charge in [-0.15, -0.1) is 0 Å². The highest BCUT2D eigenvalue weighted by Gasteiger charge is 1.82. The molecule has 0 aromatic carbocycles. The molecule has 0 aliphatic heterocycles. The van der Waals surface area contributed by atoms with Crippen LogP contribution in [0.1, 0.15) is 6.92 Å². The number of allylic oxidation sites excluding steroid dienone is 2. The monoisotopic (exact) mass is 127 g/mol. The summed E-state index contributed by atoms with van der Waals surface area (Å²) < 4.78 is 0. The molecule has 9 heavy (non-hydrogen) atoms. The minimum Gasteiger partial charge on any atom is -0.404 e. The summed E-state index contributed by atoms with van der Waals surface area (Å²) in [5, 5.41) is 2.77. The standard InChI is InChI=1S/C6H13N3/c1-5(4-7)3-6(8)9-2/h3-4,9H,7-8H2,1-2H3/b5-4-,6-3+. The van der Waals surface area contributed by atoms with Crippen LogP contribution in [0.4, 0.5) is 0 Å². The second-order valence-electron chi connectivity index (χ2n) is 1.76. The third-order valence-electron chi connectivity index (χ3n) is 0.935. The molecule has 0 radical (unpaired) electrons. The Morgan fingerprint density at radius 3 is 2.44 bits per heavy atom. The predicted molar refractivity (Wildman–Crippen MR) is 39.3 cm³/mol. The van der Waals surface area contributed by atoms with E-state index in [1.807, 2.05) is 6.92 Å². The van der Waals surface area contributed by atoms with Crippen LogP contribution >= 0.6 is 0 Å². The molecular formula is C6H13N3. The summed E-state index contributed by atoms with van der Waals surface area (Å²) in [7, 11) is 1.76. The molecule has 0 spiro atoms. The van der Waals surface area contributed by atoms with E-state index in [2.05, 4.69) is 5.32 Å². The lowest BCUT2D eigenvalue weighted by Crippen LogP contribution is -2.14. The summed E-state index contributed by atoms with van der Waals surface area (Å²) in [5.74, 6) is 0.620. The molecule has 52 valence electrons. The maximum atomic E-state index is 5.40. The summed E-state index contributed by atoms with van der Waals surface area (Å²) in [4.78, 5) is 0. The molecule has 0 amide bonds. The van der Waals surface area contributed by atoms with Gasteiger partial charge in [0.15, 0.2) is 0 Å². The number of nitrogens with one attached hydrogen (secondary N) is 1. The third kappa shape index (κ3) is 3.46. The molecule has 0 bridgehead atoms. The fraction of sp³-hybridized carbons (Fsp3) is 0.333. The first kappa shape index (κ1) is 7.88. The minimum absolute atomic E-state index is 0.620. The van der Waals surface area contributed by atoms with Gasteiger partial charge in [0.05, 0.1) is 5.82 Å². The lowest BCUT2D eigenvalue weighted by molar-refractivity contribution is 0.961. The van der Waals surface area contributed by atoms with Crippen molar-refractivity contribution in [1.82, 2.24) is 5.32 Å². The zero-order valence-electron chi connectivity index (χ0n) is 5.81. The van der Waals surface area contributed by atoms with Gasteiger partial charge in [-0.3, -0.25) is 0 Å². The maximum absolute atomic E-state index is 5.40. The van der Waals surface area contributed by atoms with Gasteiger partial charge < -0.3 is 16.8 Å². The van der Waals surface area contributed by atoms with Gasteiger partial charge in [-0.1, -0.05) is 0 Å². The number of nitrogens with two attached hydrogens (primary N) is 2. The van der Waals surface area contributed by atoms with Gasteiger partial charge in [0.2, 0.25) is 0 Å². The Bertz CT molecular complexity index is 135. The average Bonchev–Trinajstić information content (AvgIpc) is 1.87. The normalized spacial score (nSPS) is 13.6. The second-order valence-corrected chi connectivity index (χ2v) is 1.76. The Morgan fingerprint density at radius 1 is 1.56 bits per heavy atom. The van der Waals surface area contributed by atoms with E-state index in [0.29, 0.717) is 5.82 Å². The van der Waals surface area contributed by atoms with Crippen molar-refractivity contribution in [3.05, 3.63) is 23.7 Å². The minimum atomic E-state index is 0.620. The first-order valence-corrected chi connectivity index (χ1v) is 2.74. The third-order valence-corrected chi connectivity index (χ3v) is 0.935. The lowest BCUT2D eigenvalue weighted by atomic mass is 10.3. The fourth-order valence-electron chi connectivity index (χ4n) is 0.366. The van der Waals surface area contributed by atoms with Crippen molar-refractivity contribution in [2.45, 2.75) is 6.92 Å². The van der Waals surface area contributed by atoms with E-state index in [1.165, 1.54) is 6.20 Å². The summed E-state index contributed by atoms with van der Waals surface area (Å²) in [6.45, 7) is 1.88. The zero-order chi connectivity index (χ0) is 7.28. The van der Waals surface area contributed by atoms with E-state index in [4.69, 9.17) is 11.5 Å². The first-order valence-electron chi connectivity index (χ1n) is 2.74. The Balaban J connectivity index is 3.95. The van der Waals surface area contributed by atoms with E-state index >= 15 is 0 Å². The molecule has 0 saturated heterocycles. The number of hydrogen-bond donors (Lipinski definition) is 3. The lowest BCUT2D eigenvalue weighted by Gasteiger charge is -1.97.